The second-order valence-corrected chi connectivity index (χ2v) is 18.9. The largest absolute Gasteiger partial charge is 0.492 e. The van der Waals surface area contributed by atoms with Gasteiger partial charge in [0, 0.05) is 37.8 Å². The lowest BCUT2D eigenvalue weighted by Crippen LogP contribution is -2.58. The molecule has 18 heteroatoms. The van der Waals surface area contributed by atoms with Gasteiger partial charge in [-0.25, -0.2) is 23.0 Å². The number of allylic oxidation sites excluding steroid dienone is 1. The lowest BCUT2D eigenvalue weighted by atomic mass is 10.0. The van der Waals surface area contributed by atoms with E-state index in [1.54, 1.807) is 33.3 Å². The molecule has 5 amide bonds. The molecule has 314 valence electrons. The quantitative estimate of drug-likeness (QED) is 0.313. The van der Waals surface area contributed by atoms with Gasteiger partial charge in [-0.1, -0.05) is 31.1 Å². The van der Waals surface area contributed by atoms with Crippen molar-refractivity contribution in [3.8, 4) is 5.75 Å². The number of sulfonamides is 1. The average molecular weight is 824 g/mol. The zero-order chi connectivity index (χ0) is 41.2. The number of rotatable bonds is 9. The topological polar surface area (TPSA) is 208 Å². The number of nitrogens with one attached hydrogen (secondary N) is 3. The molecular formula is C40H53N7O10S. The Kier molecular flexibility index (Phi) is 11.8. The van der Waals surface area contributed by atoms with Gasteiger partial charge in [-0.3, -0.25) is 24.0 Å². The second kappa shape index (κ2) is 16.6. The summed E-state index contributed by atoms with van der Waals surface area (Å²) in [6, 6.07) is 3.39. The third kappa shape index (κ3) is 9.76. The Hall–Kier alpha value is -5.13. The number of benzene rings is 1. The molecule has 5 aliphatic rings. The van der Waals surface area contributed by atoms with Crippen LogP contribution in [0, 0.1) is 5.92 Å². The maximum atomic E-state index is 14.4. The number of imidazole rings is 1. The van der Waals surface area contributed by atoms with Crippen LogP contribution in [0.2, 0.25) is 0 Å². The lowest BCUT2D eigenvalue weighted by molar-refractivity contribution is -0.141. The van der Waals surface area contributed by atoms with Crippen molar-refractivity contribution < 1.29 is 46.6 Å². The molecule has 1 aromatic carbocycles. The van der Waals surface area contributed by atoms with E-state index in [1.165, 1.54) is 9.80 Å². The van der Waals surface area contributed by atoms with Gasteiger partial charge >= 0.3 is 12.2 Å². The molecule has 0 radical (unpaired) electrons. The number of carbonyl (C=O) groups is 5. The van der Waals surface area contributed by atoms with E-state index in [4.69, 9.17) is 14.2 Å². The summed E-state index contributed by atoms with van der Waals surface area (Å²) in [7, 11) is -3.92. The molecule has 2 saturated carbocycles. The van der Waals surface area contributed by atoms with Gasteiger partial charge in [-0.2, -0.15) is 0 Å². The number of carbonyl (C=O) groups excluding carboxylic acids is 5. The molecule has 3 N–H and O–H groups in total. The zero-order valence-corrected chi connectivity index (χ0v) is 34.0. The average Bonchev–Trinajstić information content (AvgIpc) is 3.94. The summed E-state index contributed by atoms with van der Waals surface area (Å²) in [5.41, 5.74) is -0.537. The first kappa shape index (κ1) is 41.0. The van der Waals surface area contributed by atoms with Crippen molar-refractivity contribution in [3.63, 3.8) is 0 Å². The van der Waals surface area contributed by atoms with E-state index in [2.05, 4.69) is 20.3 Å². The highest BCUT2D eigenvalue weighted by Crippen LogP contribution is 2.46. The maximum Gasteiger partial charge on any atom is 0.410 e. The Morgan fingerprint density at radius 1 is 1.05 bits per heavy atom. The Morgan fingerprint density at radius 3 is 2.59 bits per heavy atom. The summed E-state index contributed by atoms with van der Waals surface area (Å²) in [5.74, 6) is -1.87. The van der Waals surface area contributed by atoms with Gasteiger partial charge < -0.3 is 34.3 Å². The number of hydrogen-bond donors (Lipinski definition) is 3. The standard InChI is InChI=1S/C40H53N7O10S/c1-39(2,3)57-37(51)42-32-10-8-6-4-5-7-9-28-21-40(28,36(50)44-58(53,54)31-13-14-31)43-34(48)33-20-30(24-47(33)35(32)49)56-38(52)46-22-26-11-12-29(19-27(26)23-46)55-18-17-45-16-15-41-25-45/h7,9,11-12,15-16,19,25,28,30-33H,4-6,8,10,13-14,17-18,20-24H2,1-3H3,(H,42,51)(H,43,48)(H,44,50)/b9-7-/t28-,30+,32-,33?,40+/m0/s1. The first-order chi connectivity index (χ1) is 27.6. The fourth-order valence-electron chi connectivity index (χ4n) is 7.79. The molecule has 1 aromatic heterocycles. The fraction of sp³-hybridized carbons (Fsp3) is 0.600. The van der Waals surface area contributed by atoms with Crippen LogP contribution >= 0.6 is 0 Å². The lowest BCUT2D eigenvalue weighted by Gasteiger charge is -2.30. The summed E-state index contributed by atoms with van der Waals surface area (Å²) in [5, 5.41) is 4.88. The highest BCUT2D eigenvalue weighted by Gasteiger charge is 2.62. The normalized spacial score (nSPS) is 26.8. The van der Waals surface area contributed by atoms with E-state index >= 15 is 0 Å². The van der Waals surface area contributed by atoms with Crippen molar-refractivity contribution in [1.82, 2.24) is 34.7 Å². The van der Waals surface area contributed by atoms with Crippen molar-refractivity contribution in [3.05, 3.63) is 60.2 Å². The first-order valence-corrected chi connectivity index (χ1v) is 21.7. The molecule has 2 aliphatic carbocycles. The molecule has 0 spiro atoms. The van der Waals surface area contributed by atoms with Crippen LogP contribution in [0.25, 0.3) is 0 Å². The number of ether oxygens (including phenoxy) is 3. The van der Waals surface area contributed by atoms with Crippen molar-refractivity contribution in [1.29, 1.82) is 0 Å². The third-order valence-electron chi connectivity index (χ3n) is 11.1. The number of amides is 5. The van der Waals surface area contributed by atoms with Crippen LogP contribution < -0.4 is 20.1 Å². The molecule has 1 unspecified atom stereocenters. The van der Waals surface area contributed by atoms with E-state index < -0.39 is 80.4 Å². The molecule has 3 aliphatic heterocycles. The van der Waals surface area contributed by atoms with E-state index in [9.17, 15) is 32.4 Å². The number of aromatic nitrogens is 2. The van der Waals surface area contributed by atoms with Crippen molar-refractivity contribution in [2.75, 3.05) is 13.2 Å². The predicted molar refractivity (Wildman–Crippen MR) is 208 cm³/mol. The van der Waals surface area contributed by atoms with Gasteiger partial charge in [0.15, 0.2) is 0 Å². The highest BCUT2D eigenvalue weighted by molar-refractivity contribution is 7.91. The Balaban J connectivity index is 1.07. The fourth-order valence-corrected chi connectivity index (χ4v) is 9.16. The molecule has 2 aromatic rings. The van der Waals surface area contributed by atoms with Crippen molar-refractivity contribution >= 4 is 39.9 Å². The minimum atomic E-state index is -3.92. The highest BCUT2D eigenvalue weighted by atomic mass is 32.2. The number of hydrogen-bond acceptors (Lipinski definition) is 11. The second-order valence-electron chi connectivity index (χ2n) is 16.9. The molecule has 58 heavy (non-hydrogen) atoms. The molecule has 3 fully saturated rings. The van der Waals surface area contributed by atoms with Crippen LogP contribution in [-0.4, -0.2) is 105 Å². The van der Waals surface area contributed by atoms with Gasteiger partial charge in [0.1, 0.15) is 41.7 Å². The third-order valence-corrected chi connectivity index (χ3v) is 13.0. The summed E-state index contributed by atoms with van der Waals surface area (Å²) in [4.78, 5) is 76.0. The van der Waals surface area contributed by atoms with E-state index in [0.29, 0.717) is 51.1 Å². The minimum Gasteiger partial charge on any atom is -0.492 e. The smallest absolute Gasteiger partial charge is 0.410 e. The maximum absolute atomic E-state index is 14.4. The van der Waals surface area contributed by atoms with Gasteiger partial charge in [0.05, 0.1) is 24.7 Å². The molecule has 17 nitrogen and oxygen atoms in total. The van der Waals surface area contributed by atoms with Crippen LogP contribution in [0.3, 0.4) is 0 Å². The summed E-state index contributed by atoms with van der Waals surface area (Å²) >= 11 is 0. The molecular weight excluding hydrogens is 771 g/mol. The monoisotopic (exact) mass is 823 g/mol. The van der Waals surface area contributed by atoms with E-state index in [-0.39, 0.29) is 32.4 Å². The first-order valence-electron chi connectivity index (χ1n) is 20.1. The Morgan fingerprint density at radius 2 is 1.84 bits per heavy atom. The molecule has 7 rings (SSSR count). The number of fused-ring (bicyclic) bond motifs is 3. The van der Waals surface area contributed by atoms with Crippen LogP contribution in [0.4, 0.5) is 9.59 Å². The van der Waals surface area contributed by atoms with E-state index in [1.807, 2.05) is 41.1 Å². The van der Waals surface area contributed by atoms with E-state index in [0.717, 1.165) is 24.0 Å². The van der Waals surface area contributed by atoms with Crippen LogP contribution in [0.5, 0.6) is 5.75 Å². The number of alkyl carbamates (subject to hydrolysis) is 1. The Bertz CT molecular complexity index is 2030. The van der Waals surface area contributed by atoms with Gasteiger partial charge in [0.25, 0.3) is 5.91 Å². The Labute approximate surface area is 338 Å². The number of nitrogens with zero attached hydrogens (tertiary/aromatic N) is 4. The SMILES string of the molecule is CC(C)(C)OC(=O)N[C@H]1CCCCC/C=C\[C@H]2C[C@@]2(C(=O)NS(=O)(=O)C2CC2)NC(=O)C2C[C@@H](OC(=O)N3Cc4ccc(OCCn5ccnc5)cc4C3)CN2C1=O. The van der Waals surface area contributed by atoms with Gasteiger partial charge in [-0.05, 0) is 82.6 Å². The summed E-state index contributed by atoms with van der Waals surface area (Å²) in [6.45, 7) is 6.60. The molecule has 4 heterocycles. The molecule has 0 bridgehead atoms. The van der Waals surface area contributed by atoms with Gasteiger partial charge in [-0.15, -0.1) is 0 Å². The van der Waals surface area contributed by atoms with Crippen LogP contribution in [0.1, 0.15) is 89.7 Å². The van der Waals surface area contributed by atoms with Gasteiger partial charge in [0.2, 0.25) is 21.8 Å². The van der Waals surface area contributed by atoms with Crippen molar-refractivity contribution in [2.24, 2.45) is 5.92 Å². The molecule has 5 atom stereocenters. The van der Waals surface area contributed by atoms with Crippen LogP contribution in [0.15, 0.2) is 49.1 Å². The van der Waals surface area contributed by atoms with Crippen molar-refractivity contribution in [2.45, 2.75) is 133 Å². The summed E-state index contributed by atoms with van der Waals surface area (Å²) < 4.78 is 47.2. The van der Waals surface area contributed by atoms with Crippen LogP contribution in [-0.2, 0) is 53.5 Å². The molecule has 1 saturated heterocycles. The summed E-state index contributed by atoms with van der Waals surface area (Å²) in [6.07, 6.45) is 10.7. The zero-order valence-electron chi connectivity index (χ0n) is 33.2. The minimum absolute atomic E-state index is 0.0866. The predicted octanol–water partition coefficient (Wildman–Crippen LogP) is 3.28.